The zero-order valence-corrected chi connectivity index (χ0v) is 9.88. The maximum Gasteiger partial charge on any atom is 0.124 e. The highest BCUT2D eigenvalue weighted by Gasteiger charge is 2.11. The van der Waals surface area contributed by atoms with Gasteiger partial charge in [0.1, 0.15) is 5.82 Å². The van der Waals surface area contributed by atoms with E-state index < -0.39 is 0 Å². The molecule has 0 bridgehead atoms. The molecule has 0 aliphatic carbocycles. The van der Waals surface area contributed by atoms with Crippen LogP contribution in [0.2, 0.25) is 0 Å². The molecule has 1 aromatic carbocycles. The Labute approximate surface area is 91.7 Å². The van der Waals surface area contributed by atoms with Gasteiger partial charge in [0.15, 0.2) is 0 Å². The molecule has 1 nitrogen and oxygen atoms in total. The summed E-state index contributed by atoms with van der Waals surface area (Å²) < 4.78 is 13.9. The van der Waals surface area contributed by atoms with Gasteiger partial charge in [-0.05, 0) is 52.3 Å². The van der Waals surface area contributed by atoms with Crippen LogP contribution in [0.25, 0.3) is 0 Å². The van der Waals surface area contributed by atoms with E-state index in [1.54, 1.807) is 0 Å². The van der Waals surface area contributed by atoms with Crippen LogP contribution in [0.3, 0.4) is 0 Å². The van der Waals surface area contributed by atoms with Crippen LogP contribution in [-0.4, -0.2) is 0 Å². The van der Waals surface area contributed by atoms with Crippen LogP contribution in [0, 0.1) is 15.3 Å². The monoisotopic (exact) mass is 293 g/mol. The highest BCUT2D eigenvalue weighted by atomic mass is 127. The van der Waals surface area contributed by atoms with Gasteiger partial charge in [0.2, 0.25) is 0 Å². The van der Waals surface area contributed by atoms with Crippen molar-refractivity contribution in [2.45, 2.75) is 19.9 Å². The lowest BCUT2D eigenvalue weighted by Crippen LogP contribution is -2.16. The third kappa shape index (κ3) is 2.91. The Hall–Kier alpha value is -0.160. The van der Waals surface area contributed by atoms with Gasteiger partial charge >= 0.3 is 0 Å². The molecule has 1 aromatic rings. The van der Waals surface area contributed by atoms with Gasteiger partial charge in [-0.2, -0.15) is 0 Å². The molecule has 1 atom stereocenters. The van der Waals surface area contributed by atoms with E-state index in [2.05, 4.69) is 22.6 Å². The van der Waals surface area contributed by atoms with Crippen molar-refractivity contribution in [3.63, 3.8) is 0 Å². The maximum atomic E-state index is 13.0. The van der Waals surface area contributed by atoms with E-state index in [0.29, 0.717) is 5.92 Å². The van der Waals surface area contributed by atoms with Crippen LogP contribution in [0.5, 0.6) is 0 Å². The predicted molar refractivity (Wildman–Crippen MR) is 60.9 cm³/mol. The van der Waals surface area contributed by atoms with Crippen LogP contribution in [0.1, 0.15) is 25.5 Å². The van der Waals surface area contributed by atoms with Gasteiger partial charge in [-0.3, -0.25) is 0 Å². The van der Waals surface area contributed by atoms with Crippen LogP contribution < -0.4 is 5.73 Å². The Morgan fingerprint density at radius 2 is 1.92 bits per heavy atom. The number of hydrogen-bond donors (Lipinski definition) is 1. The average Bonchev–Trinajstić information content (AvgIpc) is 2.01. The molecule has 0 radical (unpaired) electrons. The molecule has 2 N–H and O–H groups in total. The van der Waals surface area contributed by atoms with Crippen molar-refractivity contribution in [2.24, 2.45) is 11.7 Å². The Kier molecular flexibility index (Phi) is 3.67. The first-order valence-corrected chi connectivity index (χ1v) is 5.30. The van der Waals surface area contributed by atoms with E-state index in [1.165, 1.54) is 12.1 Å². The van der Waals surface area contributed by atoms with Gasteiger partial charge in [-0.25, -0.2) is 4.39 Å². The largest absolute Gasteiger partial charge is 0.324 e. The van der Waals surface area contributed by atoms with Gasteiger partial charge in [-0.1, -0.05) is 13.8 Å². The molecule has 0 heterocycles. The van der Waals surface area contributed by atoms with Crippen molar-refractivity contribution in [3.8, 4) is 0 Å². The number of rotatable bonds is 2. The summed E-state index contributed by atoms with van der Waals surface area (Å²) in [5.74, 6) is 0.121. The molecule has 0 saturated carbocycles. The zero-order chi connectivity index (χ0) is 10.0. The Morgan fingerprint density at radius 3 is 2.38 bits per heavy atom. The van der Waals surface area contributed by atoms with Gasteiger partial charge < -0.3 is 5.73 Å². The number of hydrogen-bond acceptors (Lipinski definition) is 1. The molecular weight excluding hydrogens is 280 g/mol. The summed E-state index contributed by atoms with van der Waals surface area (Å²) in [6.45, 7) is 4.06. The first-order chi connectivity index (χ1) is 6.00. The molecule has 0 aliphatic rings. The maximum absolute atomic E-state index is 13.0. The molecule has 0 aromatic heterocycles. The number of nitrogens with two attached hydrogens (primary N) is 1. The van der Waals surface area contributed by atoms with E-state index in [-0.39, 0.29) is 11.9 Å². The van der Waals surface area contributed by atoms with Crippen molar-refractivity contribution in [3.05, 3.63) is 33.1 Å². The summed E-state index contributed by atoms with van der Waals surface area (Å²) in [7, 11) is 0. The lowest BCUT2D eigenvalue weighted by atomic mass is 9.97. The van der Waals surface area contributed by atoms with Gasteiger partial charge in [-0.15, -0.1) is 0 Å². The average molecular weight is 293 g/mol. The van der Waals surface area contributed by atoms with Crippen LogP contribution >= 0.6 is 22.6 Å². The Bertz CT molecular complexity index is 279. The van der Waals surface area contributed by atoms with Crippen molar-refractivity contribution in [2.75, 3.05) is 0 Å². The highest BCUT2D eigenvalue weighted by molar-refractivity contribution is 14.1. The number of benzene rings is 1. The van der Waals surface area contributed by atoms with E-state index in [1.807, 2.05) is 19.9 Å². The minimum Gasteiger partial charge on any atom is -0.324 e. The van der Waals surface area contributed by atoms with Crippen molar-refractivity contribution in [1.82, 2.24) is 0 Å². The molecule has 0 saturated heterocycles. The van der Waals surface area contributed by atoms with Crippen LogP contribution in [-0.2, 0) is 0 Å². The molecule has 13 heavy (non-hydrogen) atoms. The van der Waals surface area contributed by atoms with Crippen molar-refractivity contribution < 1.29 is 4.39 Å². The Morgan fingerprint density at radius 1 is 1.31 bits per heavy atom. The topological polar surface area (TPSA) is 26.0 Å². The first kappa shape index (κ1) is 10.9. The summed E-state index contributed by atoms with van der Waals surface area (Å²) in [4.78, 5) is 0. The molecule has 0 amide bonds. The van der Waals surface area contributed by atoms with Crippen LogP contribution in [0.15, 0.2) is 18.2 Å². The summed E-state index contributed by atoms with van der Waals surface area (Å²) in [5, 5.41) is 0. The minimum absolute atomic E-state index is 0.0794. The molecule has 0 aliphatic heterocycles. The third-order valence-corrected chi connectivity index (χ3v) is 2.61. The second-order valence-corrected chi connectivity index (χ2v) is 4.72. The quantitative estimate of drug-likeness (QED) is 0.833. The minimum atomic E-state index is -0.210. The van der Waals surface area contributed by atoms with E-state index in [9.17, 15) is 4.39 Å². The predicted octanol–water partition coefficient (Wildman–Crippen LogP) is 3.09. The van der Waals surface area contributed by atoms with Crippen molar-refractivity contribution in [1.29, 1.82) is 0 Å². The first-order valence-electron chi connectivity index (χ1n) is 4.22. The van der Waals surface area contributed by atoms with E-state index >= 15 is 0 Å². The zero-order valence-electron chi connectivity index (χ0n) is 7.72. The van der Waals surface area contributed by atoms with E-state index in [0.717, 1.165) is 9.13 Å². The fourth-order valence-corrected chi connectivity index (χ4v) is 1.81. The second-order valence-electron chi connectivity index (χ2n) is 3.47. The van der Waals surface area contributed by atoms with Crippen molar-refractivity contribution >= 4 is 22.6 Å². The fraction of sp³-hybridized carbons (Fsp3) is 0.400. The van der Waals surface area contributed by atoms with E-state index in [4.69, 9.17) is 5.73 Å². The molecule has 1 unspecified atom stereocenters. The van der Waals surface area contributed by atoms with Gasteiger partial charge in [0.05, 0.1) is 0 Å². The summed E-state index contributed by atoms with van der Waals surface area (Å²) in [6.07, 6.45) is 0. The smallest absolute Gasteiger partial charge is 0.124 e. The highest BCUT2D eigenvalue weighted by Crippen LogP contribution is 2.21. The standard InChI is InChI=1S/C10H13FIN/c1-6(2)10(13)7-3-8(11)5-9(12)4-7/h3-6,10H,13H2,1-2H3. The lowest BCUT2D eigenvalue weighted by Gasteiger charge is -2.16. The lowest BCUT2D eigenvalue weighted by molar-refractivity contribution is 0.509. The molecule has 0 fully saturated rings. The molecule has 3 heteroatoms. The number of halogens is 2. The Balaban J connectivity index is 3.01. The molecule has 0 spiro atoms. The molecular formula is C10H13FIN. The second kappa shape index (κ2) is 4.37. The fourth-order valence-electron chi connectivity index (χ4n) is 1.15. The normalized spacial score (nSPS) is 13.4. The van der Waals surface area contributed by atoms with Crippen LogP contribution in [0.4, 0.5) is 4.39 Å². The SMILES string of the molecule is CC(C)C(N)c1cc(F)cc(I)c1. The molecule has 72 valence electrons. The third-order valence-electron chi connectivity index (χ3n) is 1.99. The molecule has 1 rings (SSSR count). The summed E-state index contributed by atoms with van der Waals surface area (Å²) in [6, 6.07) is 4.85. The summed E-state index contributed by atoms with van der Waals surface area (Å²) in [5.41, 5.74) is 6.78. The van der Waals surface area contributed by atoms with Gasteiger partial charge in [0, 0.05) is 9.61 Å². The summed E-state index contributed by atoms with van der Waals surface area (Å²) >= 11 is 2.09. The van der Waals surface area contributed by atoms with Gasteiger partial charge in [0.25, 0.3) is 0 Å².